The number of rotatable bonds is 2. The number of nitrogens with zero attached hydrogens (tertiary/aromatic N) is 3. The molecule has 108 valence electrons. The predicted octanol–water partition coefficient (Wildman–Crippen LogP) is 3.36. The van der Waals surface area contributed by atoms with Crippen LogP contribution in [0, 0.1) is 0 Å². The van der Waals surface area contributed by atoms with Crippen molar-refractivity contribution in [2.24, 2.45) is 0 Å². The summed E-state index contributed by atoms with van der Waals surface area (Å²) in [5, 5.41) is 2.05. The normalized spacial score (nSPS) is 13.2. The van der Waals surface area contributed by atoms with Gasteiger partial charge in [0.05, 0.1) is 12.2 Å². The molecule has 0 atom stereocenters. The van der Waals surface area contributed by atoms with Crippen molar-refractivity contribution < 1.29 is 4.79 Å². The molecule has 3 heterocycles. The third kappa shape index (κ3) is 2.29. The first kappa shape index (κ1) is 13.2. The number of amides is 1. The van der Waals surface area contributed by atoms with Gasteiger partial charge in [-0.05, 0) is 29.1 Å². The molecular formula is C17H13N3OS. The van der Waals surface area contributed by atoms with Crippen molar-refractivity contribution >= 4 is 17.2 Å². The van der Waals surface area contributed by atoms with Gasteiger partial charge < -0.3 is 4.90 Å². The average molecular weight is 307 g/mol. The first-order chi connectivity index (χ1) is 10.8. The van der Waals surface area contributed by atoms with Crippen LogP contribution in [0.1, 0.15) is 21.6 Å². The van der Waals surface area contributed by atoms with Crippen LogP contribution >= 0.6 is 11.3 Å². The number of hydrogen-bond acceptors (Lipinski definition) is 4. The maximum Gasteiger partial charge on any atom is 0.254 e. The summed E-state index contributed by atoms with van der Waals surface area (Å²) in [6.07, 6.45) is 3.32. The van der Waals surface area contributed by atoms with Crippen LogP contribution in [-0.2, 0) is 13.1 Å². The molecule has 0 bridgehead atoms. The largest absolute Gasteiger partial charge is 0.328 e. The van der Waals surface area contributed by atoms with E-state index in [-0.39, 0.29) is 5.91 Å². The minimum Gasteiger partial charge on any atom is -0.328 e. The maximum atomic E-state index is 12.6. The molecule has 0 fully saturated rings. The van der Waals surface area contributed by atoms with Crippen molar-refractivity contribution in [3.05, 3.63) is 71.1 Å². The van der Waals surface area contributed by atoms with Gasteiger partial charge in [-0.25, -0.2) is 9.97 Å². The Bertz CT molecular complexity index is 787. The van der Waals surface area contributed by atoms with Crippen molar-refractivity contribution in [2.75, 3.05) is 0 Å². The molecule has 4 nitrogen and oxygen atoms in total. The number of benzene rings is 1. The minimum absolute atomic E-state index is 0.0377. The second-order valence-electron chi connectivity index (χ2n) is 5.21. The Labute approximate surface area is 132 Å². The molecule has 4 rings (SSSR count). The van der Waals surface area contributed by atoms with Crippen LogP contribution in [0.3, 0.4) is 0 Å². The fraction of sp³-hybridized carbons (Fsp3) is 0.118. The van der Waals surface area contributed by atoms with Gasteiger partial charge in [-0.1, -0.05) is 18.2 Å². The molecule has 2 aromatic heterocycles. The number of carbonyl (C=O) groups excluding carboxylic acids is 1. The molecule has 3 aromatic rings. The van der Waals surface area contributed by atoms with Crippen LogP contribution in [0.15, 0.2) is 54.3 Å². The van der Waals surface area contributed by atoms with E-state index in [1.807, 2.05) is 30.3 Å². The van der Waals surface area contributed by atoms with Gasteiger partial charge in [-0.15, -0.1) is 11.3 Å². The summed E-state index contributed by atoms with van der Waals surface area (Å²) >= 11 is 1.70. The second kappa shape index (κ2) is 5.35. The van der Waals surface area contributed by atoms with E-state index in [1.165, 1.54) is 11.2 Å². The lowest BCUT2D eigenvalue weighted by Gasteiger charge is -2.15. The van der Waals surface area contributed by atoms with Crippen LogP contribution in [0.2, 0.25) is 0 Å². The Hall–Kier alpha value is -2.53. The number of carbonyl (C=O) groups is 1. The van der Waals surface area contributed by atoms with E-state index < -0.39 is 0 Å². The molecule has 1 aliphatic heterocycles. The molecule has 5 heteroatoms. The van der Waals surface area contributed by atoms with Crippen molar-refractivity contribution in [3.8, 4) is 10.4 Å². The van der Waals surface area contributed by atoms with Crippen molar-refractivity contribution in [2.45, 2.75) is 13.1 Å². The standard InChI is InChI=1S/C17H13N3OS/c21-17(20-9-14-8-18-11-19-15(14)10-20)13-5-3-12(4-6-13)16-2-1-7-22-16/h1-8,11H,9-10H2. The Kier molecular flexibility index (Phi) is 3.20. The fourth-order valence-corrected chi connectivity index (χ4v) is 3.38. The highest BCUT2D eigenvalue weighted by Gasteiger charge is 2.25. The summed E-state index contributed by atoms with van der Waals surface area (Å²) < 4.78 is 0. The monoisotopic (exact) mass is 307 g/mol. The Morgan fingerprint density at radius 3 is 2.73 bits per heavy atom. The number of aromatic nitrogens is 2. The summed E-state index contributed by atoms with van der Waals surface area (Å²) in [5.41, 5.74) is 3.83. The zero-order chi connectivity index (χ0) is 14.9. The molecule has 0 unspecified atom stereocenters. The number of thiophene rings is 1. The quantitative estimate of drug-likeness (QED) is 0.729. The van der Waals surface area contributed by atoms with E-state index in [0.717, 1.165) is 16.8 Å². The third-order valence-electron chi connectivity index (χ3n) is 3.81. The Morgan fingerprint density at radius 2 is 2.00 bits per heavy atom. The van der Waals surface area contributed by atoms with E-state index in [2.05, 4.69) is 21.4 Å². The minimum atomic E-state index is 0.0377. The van der Waals surface area contributed by atoms with Gasteiger partial charge in [-0.2, -0.15) is 0 Å². The van der Waals surface area contributed by atoms with E-state index >= 15 is 0 Å². The van der Waals surface area contributed by atoms with E-state index in [0.29, 0.717) is 18.7 Å². The Morgan fingerprint density at radius 1 is 1.14 bits per heavy atom. The smallest absolute Gasteiger partial charge is 0.254 e. The molecule has 1 amide bonds. The van der Waals surface area contributed by atoms with Crippen molar-refractivity contribution in [3.63, 3.8) is 0 Å². The van der Waals surface area contributed by atoms with Gasteiger partial charge in [-0.3, -0.25) is 4.79 Å². The maximum absolute atomic E-state index is 12.6. The SMILES string of the molecule is O=C(c1ccc(-c2cccs2)cc1)N1Cc2cncnc2C1. The summed E-state index contributed by atoms with van der Waals surface area (Å²) in [5.74, 6) is 0.0377. The lowest BCUT2D eigenvalue weighted by Crippen LogP contribution is -2.25. The molecule has 1 aromatic carbocycles. The van der Waals surface area contributed by atoms with Crippen LogP contribution in [0.25, 0.3) is 10.4 Å². The summed E-state index contributed by atoms with van der Waals surface area (Å²) in [6, 6.07) is 11.9. The zero-order valence-electron chi connectivity index (χ0n) is 11.8. The molecule has 1 aliphatic rings. The van der Waals surface area contributed by atoms with Crippen LogP contribution < -0.4 is 0 Å². The summed E-state index contributed by atoms with van der Waals surface area (Å²) in [4.78, 5) is 23.9. The lowest BCUT2D eigenvalue weighted by atomic mass is 10.1. The van der Waals surface area contributed by atoms with E-state index in [1.54, 1.807) is 22.4 Å². The van der Waals surface area contributed by atoms with Gasteiger partial charge in [0.25, 0.3) is 5.91 Å². The molecule has 0 spiro atoms. The molecule has 0 saturated carbocycles. The fourth-order valence-electron chi connectivity index (χ4n) is 2.65. The topological polar surface area (TPSA) is 46.1 Å². The van der Waals surface area contributed by atoms with Gasteiger partial charge in [0.15, 0.2) is 0 Å². The Balaban J connectivity index is 1.54. The zero-order valence-corrected chi connectivity index (χ0v) is 12.6. The van der Waals surface area contributed by atoms with Gasteiger partial charge in [0, 0.05) is 28.7 Å². The second-order valence-corrected chi connectivity index (χ2v) is 6.16. The van der Waals surface area contributed by atoms with Gasteiger partial charge in [0.1, 0.15) is 6.33 Å². The first-order valence-corrected chi connectivity index (χ1v) is 7.90. The van der Waals surface area contributed by atoms with Crippen molar-refractivity contribution in [1.29, 1.82) is 0 Å². The highest BCUT2D eigenvalue weighted by Crippen LogP contribution is 2.26. The van der Waals surface area contributed by atoms with Crippen LogP contribution in [0.5, 0.6) is 0 Å². The van der Waals surface area contributed by atoms with E-state index in [9.17, 15) is 4.79 Å². The van der Waals surface area contributed by atoms with Gasteiger partial charge in [0.2, 0.25) is 0 Å². The molecule has 0 radical (unpaired) electrons. The molecule has 0 aliphatic carbocycles. The lowest BCUT2D eigenvalue weighted by molar-refractivity contribution is 0.0750. The number of fused-ring (bicyclic) bond motifs is 1. The predicted molar refractivity (Wildman–Crippen MR) is 85.4 cm³/mol. The summed E-state index contributed by atoms with van der Waals surface area (Å²) in [6.45, 7) is 1.14. The average Bonchev–Trinajstić information content (AvgIpc) is 3.23. The molecule has 0 N–H and O–H groups in total. The molecule has 0 saturated heterocycles. The first-order valence-electron chi connectivity index (χ1n) is 7.02. The highest BCUT2D eigenvalue weighted by atomic mass is 32.1. The molecular weight excluding hydrogens is 294 g/mol. The van der Waals surface area contributed by atoms with E-state index in [4.69, 9.17) is 0 Å². The molecule has 22 heavy (non-hydrogen) atoms. The third-order valence-corrected chi connectivity index (χ3v) is 4.73. The number of hydrogen-bond donors (Lipinski definition) is 0. The highest BCUT2D eigenvalue weighted by molar-refractivity contribution is 7.13. The van der Waals surface area contributed by atoms with Crippen molar-refractivity contribution in [1.82, 2.24) is 14.9 Å². The van der Waals surface area contributed by atoms with Gasteiger partial charge >= 0.3 is 0 Å². The summed E-state index contributed by atoms with van der Waals surface area (Å²) in [7, 11) is 0. The van der Waals surface area contributed by atoms with Crippen LogP contribution in [0.4, 0.5) is 0 Å². The van der Waals surface area contributed by atoms with Crippen LogP contribution in [-0.4, -0.2) is 20.8 Å².